The Morgan fingerprint density at radius 1 is 1.22 bits per heavy atom. The van der Waals surface area contributed by atoms with Crippen molar-refractivity contribution in [3.8, 4) is 0 Å². The average molecular weight is 385 g/mol. The van der Waals surface area contributed by atoms with Crippen LogP contribution < -0.4 is 4.90 Å². The van der Waals surface area contributed by atoms with E-state index in [0.717, 1.165) is 5.01 Å². The zero-order chi connectivity index (χ0) is 19.1. The number of aromatic nitrogens is 2. The zero-order valence-corrected chi connectivity index (χ0v) is 15.3. The molecule has 1 N–H and O–H groups in total. The first-order chi connectivity index (χ1) is 13.0. The molecule has 0 aliphatic carbocycles. The summed E-state index contributed by atoms with van der Waals surface area (Å²) in [6.45, 7) is 3.92. The van der Waals surface area contributed by atoms with E-state index in [1.54, 1.807) is 18.2 Å². The molecule has 0 spiro atoms. The molecule has 0 radical (unpaired) electrons. The molecule has 0 bridgehead atoms. The third kappa shape index (κ3) is 2.76. The molecule has 3 aromatic rings. The van der Waals surface area contributed by atoms with Crippen molar-refractivity contribution in [2.45, 2.75) is 25.8 Å². The van der Waals surface area contributed by atoms with Gasteiger partial charge in [-0.2, -0.15) is 0 Å². The number of nitrogens with zero attached hydrogens (tertiary/aromatic N) is 3. The van der Waals surface area contributed by atoms with Crippen LogP contribution in [0.5, 0.6) is 0 Å². The standard InChI is InChI=1S/C18H15N3O5S/c1-9(2)16-19-20-18(27-16)21-13(10-5-3-7-25-10)12(15(23)17(21)24)14(22)11-6-4-8-26-11/h3-9,13,23H,1-2H3/t13-/m0/s1. The normalized spacial score (nSPS) is 17.4. The molecule has 1 aliphatic heterocycles. The van der Waals surface area contributed by atoms with Crippen molar-refractivity contribution in [1.29, 1.82) is 0 Å². The van der Waals surface area contributed by atoms with Gasteiger partial charge in [0.05, 0.1) is 18.1 Å². The van der Waals surface area contributed by atoms with Crippen LogP contribution in [0.25, 0.3) is 0 Å². The highest BCUT2D eigenvalue weighted by molar-refractivity contribution is 7.15. The number of hydrogen-bond donors (Lipinski definition) is 1. The summed E-state index contributed by atoms with van der Waals surface area (Å²) >= 11 is 1.22. The second-order valence-electron chi connectivity index (χ2n) is 6.24. The molecule has 0 aromatic carbocycles. The van der Waals surface area contributed by atoms with Gasteiger partial charge in [-0.25, -0.2) is 0 Å². The molecular formula is C18H15N3O5S. The zero-order valence-electron chi connectivity index (χ0n) is 14.4. The second-order valence-corrected chi connectivity index (χ2v) is 7.23. The molecule has 8 nitrogen and oxygen atoms in total. The molecule has 1 amide bonds. The number of rotatable bonds is 5. The number of Topliss-reactive ketones (excluding diaryl/α,β-unsaturated/α-hetero) is 1. The van der Waals surface area contributed by atoms with Crippen molar-refractivity contribution in [2.75, 3.05) is 4.90 Å². The smallest absolute Gasteiger partial charge is 0.296 e. The van der Waals surface area contributed by atoms with E-state index in [0.29, 0.717) is 5.76 Å². The highest BCUT2D eigenvalue weighted by Gasteiger charge is 2.48. The Labute approximate surface area is 157 Å². The summed E-state index contributed by atoms with van der Waals surface area (Å²) in [5, 5.41) is 19.7. The number of anilines is 1. The van der Waals surface area contributed by atoms with Gasteiger partial charge < -0.3 is 13.9 Å². The van der Waals surface area contributed by atoms with Crippen molar-refractivity contribution in [2.24, 2.45) is 0 Å². The van der Waals surface area contributed by atoms with Gasteiger partial charge in [-0.05, 0) is 24.3 Å². The SMILES string of the molecule is CC(C)c1nnc(N2C(=O)C(O)=C(C(=O)c3ccco3)[C@@H]2c2ccco2)s1. The highest BCUT2D eigenvalue weighted by atomic mass is 32.1. The number of aliphatic hydroxyl groups is 1. The number of carbonyl (C=O) groups excluding carboxylic acids is 2. The van der Waals surface area contributed by atoms with Gasteiger partial charge in [0.2, 0.25) is 10.9 Å². The molecule has 138 valence electrons. The average Bonchev–Trinajstić information content (AvgIpc) is 3.43. The molecule has 0 saturated heterocycles. The Hall–Kier alpha value is -3.20. The lowest BCUT2D eigenvalue weighted by Gasteiger charge is -2.21. The van der Waals surface area contributed by atoms with Gasteiger partial charge >= 0.3 is 0 Å². The van der Waals surface area contributed by atoms with E-state index < -0.39 is 23.5 Å². The Morgan fingerprint density at radius 2 is 1.96 bits per heavy atom. The molecule has 27 heavy (non-hydrogen) atoms. The lowest BCUT2D eigenvalue weighted by atomic mass is 10.00. The van der Waals surface area contributed by atoms with Crippen LogP contribution >= 0.6 is 11.3 Å². The van der Waals surface area contributed by atoms with Crippen LogP contribution in [0.3, 0.4) is 0 Å². The molecule has 3 aromatic heterocycles. The minimum atomic E-state index is -0.960. The lowest BCUT2D eigenvalue weighted by Crippen LogP contribution is -2.30. The molecule has 1 aliphatic rings. The Balaban J connectivity index is 1.83. The fourth-order valence-corrected chi connectivity index (χ4v) is 3.72. The first-order valence-electron chi connectivity index (χ1n) is 8.20. The summed E-state index contributed by atoms with van der Waals surface area (Å²) in [5.41, 5.74) is -0.119. The Kier molecular flexibility index (Phi) is 4.15. The highest BCUT2D eigenvalue weighted by Crippen LogP contribution is 2.43. The number of hydrogen-bond acceptors (Lipinski definition) is 8. The van der Waals surface area contributed by atoms with Gasteiger partial charge in [-0.3, -0.25) is 14.5 Å². The maximum Gasteiger partial charge on any atom is 0.296 e. The molecule has 9 heteroatoms. The lowest BCUT2D eigenvalue weighted by molar-refractivity contribution is -0.117. The second kappa shape index (κ2) is 6.51. The molecule has 0 unspecified atom stereocenters. The van der Waals surface area contributed by atoms with Crippen molar-refractivity contribution < 1.29 is 23.5 Å². The molecule has 4 rings (SSSR count). The van der Waals surface area contributed by atoms with Gasteiger partial charge in [-0.15, -0.1) is 10.2 Å². The number of aliphatic hydroxyl groups excluding tert-OH is 1. The van der Waals surface area contributed by atoms with Crippen molar-refractivity contribution in [1.82, 2.24) is 10.2 Å². The Morgan fingerprint density at radius 3 is 2.56 bits per heavy atom. The maximum absolute atomic E-state index is 12.9. The Bertz CT molecular complexity index is 1020. The fourth-order valence-electron chi connectivity index (χ4n) is 2.85. The molecule has 1 atom stereocenters. The molecule has 4 heterocycles. The predicted molar refractivity (Wildman–Crippen MR) is 95.6 cm³/mol. The van der Waals surface area contributed by atoms with E-state index in [2.05, 4.69) is 10.2 Å². The number of carbonyl (C=O) groups is 2. The van der Waals surface area contributed by atoms with Crippen LogP contribution in [0.2, 0.25) is 0 Å². The third-order valence-electron chi connectivity index (χ3n) is 4.14. The number of amides is 1. The van der Waals surface area contributed by atoms with Crippen molar-refractivity contribution >= 4 is 28.2 Å². The third-order valence-corrected chi connectivity index (χ3v) is 5.36. The topological polar surface area (TPSA) is 110 Å². The van der Waals surface area contributed by atoms with Crippen LogP contribution in [0.4, 0.5) is 5.13 Å². The summed E-state index contributed by atoms with van der Waals surface area (Å²) in [6, 6.07) is 5.33. The van der Waals surface area contributed by atoms with E-state index in [1.165, 1.54) is 34.8 Å². The summed E-state index contributed by atoms with van der Waals surface area (Å²) in [4.78, 5) is 26.9. The summed E-state index contributed by atoms with van der Waals surface area (Å²) in [7, 11) is 0. The van der Waals surface area contributed by atoms with Crippen molar-refractivity contribution in [3.63, 3.8) is 0 Å². The van der Waals surface area contributed by atoms with Crippen molar-refractivity contribution in [3.05, 3.63) is 64.7 Å². The largest absolute Gasteiger partial charge is 0.503 e. The predicted octanol–water partition coefficient (Wildman–Crippen LogP) is 3.63. The van der Waals surface area contributed by atoms with E-state index in [1.807, 2.05) is 13.8 Å². The van der Waals surface area contributed by atoms with Crippen LogP contribution in [-0.4, -0.2) is 27.0 Å². The molecule has 0 saturated carbocycles. The maximum atomic E-state index is 12.9. The van der Waals surface area contributed by atoms with E-state index >= 15 is 0 Å². The molecule has 0 fully saturated rings. The monoisotopic (exact) mass is 385 g/mol. The summed E-state index contributed by atoms with van der Waals surface area (Å²) in [6.07, 6.45) is 2.78. The minimum absolute atomic E-state index is 0.0166. The van der Waals surface area contributed by atoms with Crippen LogP contribution in [0.1, 0.15) is 47.1 Å². The van der Waals surface area contributed by atoms with Crippen LogP contribution in [-0.2, 0) is 4.79 Å². The van der Waals surface area contributed by atoms with Gasteiger partial charge in [0.15, 0.2) is 11.5 Å². The summed E-state index contributed by atoms with van der Waals surface area (Å²) < 4.78 is 10.6. The van der Waals surface area contributed by atoms with Gasteiger partial charge in [0.25, 0.3) is 5.91 Å². The first-order valence-corrected chi connectivity index (χ1v) is 9.02. The van der Waals surface area contributed by atoms with Gasteiger partial charge in [0, 0.05) is 5.92 Å². The molecular weight excluding hydrogens is 370 g/mol. The first kappa shape index (κ1) is 17.2. The van der Waals surface area contributed by atoms with Gasteiger partial charge in [0.1, 0.15) is 16.8 Å². The number of furan rings is 2. The van der Waals surface area contributed by atoms with Crippen LogP contribution in [0.15, 0.2) is 57.0 Å². The van der Waals surface area contributed by atoms with E-state index in [9.17, 15) is 14.7 Å². The fraction of sp³-hybridized carbons (Fsp3) is 0.222. The van der Waals surface area contributed by atoms with E-state index in [-0.39, 0.29) is 22.4 Å². The van der Waals surface area contributed by atoms with Crippen LogP contribution in [0, 0.1) is 0 Å². The minimum Gasteiger partial charge on any atom is -0.503 e. The van der Waals surface area contributed by atoms with Gasteiger partial charge in [-0.1, -0.05) is 25.2 Å². The van der Waals surface area contributed by atoms with E-state index in [4.69, 9.17) is 8.83 Å². The number of ketones is 1. The summed E-state index contributed by atoms with van der Waals surface area (Å²) in [5.74, 6) is -1.52. The quantitative estimate of drug-likeness (QED) is 0.668.